The van der Waals surface area contributed by atoms with Gasteiger partial charge in [-0.2, -0.15) is 0 Å². The molecule has 0 atom stereocenters. The second-order valence-corrected chi connectivity index (χ2v) is 6.34. The number of aromatic nitrogens is 1. The molecule has 0 bridgehead atoms. The average Bonchev–Trinajstić information content (AvgIpc) is 2.63. The zero-order chi connectivity index (χ0) is 17.8. The minimum absolute atomic E-state index is 0.560. The predicted molar refractivity (Wildman–Crippen MR) is 107 cm³/mol. The molecular weight excluding hydrogens is 353 g/mol. The molecule has 2 aromatic carbocycles. The van der Waals surface area contributed by atoms with Crippen LogP contribution in [0.15, 0.2) is 59.7 Å². The monoisotopic (exact) mass is 369 g/mol. The molecule has 25 heavy (non-hydrogen) atoms. The van der Waals surface area contributed by atoms with E-state index in [0.717, 1.165) is 28.7 Å². The number of halogens is 2. The zero-order valence-corrected chi connectivity index (χ0v) is 15.2. The van der Waals surface area contributed by atoms with Crippen molar-refractivity contribution >= 4 is 35.4 Å². The van der Waals surface area contributed by atoms with Crippen molar-refractivity contribution in [2.75, 3.05) is 0 Å². The van der Waals surface area contributed by atoms with Gasteiger partial charge in [0.2, 0.25) is 0 Å². The van der Waals surface area contributed by atoms with Gasteiger partial charge in [-0.15, -0.1) is 0 Å². The maximum atomic E-state index is 6.49. The molecule has 0 spiro atoms. The molecule has 0 radical (unpaired) electrons. The van der Waals surface area contributed by atoms with Gasteiger partial charge in [-0.05, 0) is 59.0 Å². The molecule has 0 aliphatic carbocycles. The molecule has 1 heterocycles. The standard InChI is InChI=1S/C20H17Cl2N3/c1-2-13-4-3-5-16(14-8-9-24-19(10-14)25-12-23)20(13)17-11-15(21)6-7-18(17)22/h3-12H,2H2,1H3,(H2,23,24,25). The molecule has 0 unspecified atom stereocenters. The van der Waals surface area contributed by atoms with E-state index in [1.165, 1.54) is 11.9 Å². The Kier molecular flexibility index (Phi) is 5.37. The van der Waals surface area contributed by atoms with Crippen molar-refractivity contribution in [1.29, 1.82) is 0 Å². The van der Waals surface area contributed by atoms with Crippen LogP contribution in [-0.2, 0) is 6.42 Å². The van der Waals surface area contributed by atoms with Crippen LogP contribution in [0.2, 0.25) is 10.0 Å². The van der Waals surface area contributed by atoms with E-state index in [-0.39, 0.29) is 0 Å². The molecule has 0 fully saturated rings. The van der Waals surface area contributed by atoms with Gasteiger partial charge in [0, 0.05) is 21.8 Å². The Morgan fingerprint density at radius 3 is 2.68 bits per heavy atom. The maximum Gasteiger partial charge on any atom is 0.154 e. The number of hydrogen-bond donors (Lipinski definition) is 1. The molecule has 0 saturated carbocycles. The molecule has 126 valence electrons. The van der Waals surface area contributed by atoms with Gasteiger partial charge in [-0.1, -0.05) is 48.3 Å². The van der Waals surface area contributed by atoms with Crippen LogP contribution in [-0.4, -0.2) is 11.3 Å². The van der Waals surface area contributed by atoms with Gasteiger partial charge in [0.15, 0.2) is 5.82 Å². The summed E-state index contributed by atoms with van der Waals surface area (Å²) in [5.41, 5.74) is 10.6. The summed E-state index contributed by atoms with van der Waals surface area (Å²) in [5.74, 6) is 0.560. The van der Waals surface area contributed by atoms with E-state index in [4.69, 9.17) is 28.9 Å². The summed E-state index contributed by atoms with van der Waals surface area (Å²) in [6.07, 6.45) is 3.84. The lowest BCUT2D eigenvalue weighted by Gasteiger charge is -2.16. The highest BCUT2D eigenvalue weighted by atomic mass is 35.5. The molecule has 0 aliphatic rings. The number of nitrogens with two attached hydrogens (primary N) is 1. The summed E-state index contributed by atoms with van der Waals surface area (Å²) in [6, 6.07) is 15.6. The first-order valence-corrected chi connectivity index (χ1v) is 8.67. The van der Waals surface area contributed by atoms with Gasteiger partial charge in [-0.25, -0.2) is 9.98 Å². The van der Waals surface area contributed by atoms with Crippen molar-refractivity contribution in [3.05, 3.63) is 70.3 Å². The second-order valence-electron chi connectivity index (χ2n) is 5.50. The normalized spacial score (nSPS) is 11.2. The summed E-state index contributed by atoms with van der Waals surface area (Å²) in [7, 11) is 0. The van der Waals surface area contributed by atoms with Crippen molar-refractivity contribution in [3.8, 4) is 22.3 Å². The average molecular weight is 370 g/mol. The third-order valence-corrected chi connectivity index (χ3v) is 4.56. The summed E-state index contributed by atoms with van der Waals surface area (Å²) in [4.78, 5) is 8.27. The largest absolute Gasteiger partial charge is 0.390 e. The van der Waals surface area contributed by atoms with E-state index >= 15 is 0 Å². The summed E-state index contributed by atoms with van der Waals surface area (Å²) < 4.78 is 0. The quantitative estimate of drug-likeness (QED) is 0.459. The Morgan fingerprint density at radius 2 is 1.92 bits per heavy atom. The lowest BCUT2D eigenvalue weighted by Crippen LogP contribution is -1.94. The molecule has 5 heteroatoms. The van der Waals surface area contributed by atoms with Crippen LogP contribution < -0.4 is 5.73 Å². The maximum absolute atomic E-state index is 6.49. The topological polar surface area (TPSA) is 51.3 Å². The van der Waals surface area contributed by atoms with Crippen molar-refractivity contribution in [1.82, 2.24) is 4.98 Å². The number of pyridine rings is 1. The van der Waals surface area contributed by atoms with E-state index in [9.17, 15) is 0 Å². The number of rotatable bonds is 4. The Morgan fingerprint density at radius 1 is 1.08 bits per heavy atom. The van der Waals surface area contributed by atoms with Crippen LogP contribution in [0.5, 0.6) is 0 Å². The van der Waals surface area contributed by atoms with Gasteiger partial charge >= 0.3 is 0 Å². The van der Waals surface area contributed by atoms with Gasteiger partial charge in [0.25, 0.3) is 0 Å². The highest BCUT2D eigenvalue weighted by molar-refractivity contribution is 6.35. The van der Waals surface area contributed by atoms with Crippen LogP contribution in [0.1, 0.15) is 12.5 Å². The van der Waals surface area contributed by atoms with E-state index in [2.05, 4.69) is 29.0 Å². The molecule has 2 N–H and O–H groups in total. The number of hydrogen-bond acceptors (Lipinski definition) is 2. The van der Waals surface area contributed by atoms with Crippen molar-refractivity contribution in [3.63, 3.8) is 0 Å². The molecule has 1 aromatic heterocycles. The van der Waals surface area contributed by atoms with Crippen LogP contribution in [0, 0.1) is 0 Å². The molecule has 3 aromatic rings. The lowest BCUT2D eigenvalue weighted by atomic mass is 9.90. The Hall–Kier alpha value is -2.36. The number of aliphatic imine (C=N–C) groups is 1. The van der Waals surface area contributed by atoms with E-state index in [0.29, 0.717) is 15.9 Å². The summed E-state index contributed by atoms with van der Waals surface area (Å²) >= 11 is 12.7. The van der Waals surface area contributed by atoms with Gasteiger partial charge in [0.1, 0.15) is 0 Å². The van der Waals surface area contributed by atoms with Crippen LogP contribution >= 0.6 is 23.2 Å². The van der Waals surface area contributed by atoms with Crippen molar-refractivity contribution < 1.29 is 0 Å². The second kappa shape index (κ2) is 7.68. The van der Waals surface area contributed by atoms with Crippen LogP contribution in [0.3, 0.4) is 0 Å². The Labute approximate surface area is 157 Å². The Balaban J connectivity index is 2.28. The zero-order valence-electron chi connectivity index (χ0n) is 13.7. The van der Waals surface area contributed by atoms with E-state index in [1.54, 1.807) is 12.3 Å². The lowest BCUT2D eigenvalue weighted by molar-refractivity contribution is 1.14. The predicted octanol–water partition coefficient (Wildman–Crippen LogP) is 5.90. The van der Waals surface area contributed by atoms with Gasteiger partial charge in [-0.3, -0.25) is 0 Å². The first-order valence-electron chi connectivity index (χ1n) is 7.92. The minimum Gasteiger partial charge on any atom is -0.390 e. The smallest absolute Gasteiger partial charge is 0.154 e. The first kappa shape index (κ1) is 17.5. The Bertz CT molecular complexity index is 936. The fourth-order valence-corrected chi connectivity index (χ4v) is 3.26. The van der Waals surface area contributed by atoms with Crippen LogP contribution in [0.4, 0.5) is 5.82 Å². The number of nitrogens with zero attached hydrogens (tertiary/aromatic N) is 2. The third kappa shape index (κ3) is 3.68. The molecule has 3 nitrogen and oxygen atoms in total. The molecule has 0 saturated heterocycles. The number of aryl methyl sites for hydroxylation is 1. The van der Waals surface area contributed by atoms with Gasteiger partial charge in [0.05, 0.1) is 6.34 Å². The van der Waals surface area contributed by atoms with Crippen molar-refractivity contribution in [2.45, 2.75) is 13.3 Å². The fourth-order valence-electron chi connectivity index (χ4n) is 2.88. The summed E-state index contributed by atoms with van der Waals surface area (Å²) in [5, 5.41) is 1.32. The SMILES string of the molecule is CCc1cccc(-c2ccnc(N=CN)c2)c1-c1cc(Cl)ccc1Cl. The number of benzene rings is 2. The summed E-state index contributed by atoms with van der Waals surface area (Å²) in [6.45, 7) is 2.12. The highest BCUT2D eigenvalue weighted by Crippen LogP contribution is 2.40. The van der Waals surface area contributed by atoms with Crippen LogP contribution in [0.25, 0.3) is 22.3 Å². The highest BCUT2D eigenvalue weighted by Gasteiger charge is 2.15. The minimum atomic E-state index is 0.560. The van der Waals surface area contributed by atoms with E-state index < -0.39 is 0 Å². The first-order chi connectivity index (χ1) is 12.1. The van der Waals surface area contributed by atoms with Crippen molar-refractivity contribution in [2.24, 2.45) is 10.7 Å². The fraction of sp³-hybridized carbons (Fsp3) is 0.100. The molecule has 0 aliphatic heterocycles. The van der Waals surface area contributed by atoms with Gasteiger partial charge < -0.3 is 5.73 Å². The molecular formula is C20H17Cl2N3. The molecule has 0 amide bonds. The third-order valence-electron chi connectivity index (χ3n) is 3.99. The molecule has 3 rings (SSSR count). The van der Waals surface area contributed by atoms with E-state index in [1.807, 2.05) is 30.3 Å².